The average Bonchev–Trinajstić information content (AvgIpc) is 3.60. The molecule has 2 amide bonds. The van der Waals surface area contributed by atoms with Gasteiger partial charge in [-0.25, -0.2) is 0 Å². The molecule has 0 radical (unpaired) electrons. The summed E-state index contributed by atoms with van der Waals surface area (Å²) in [5.74, 6) is 0.723. The highest BCUT2D eigenvalue weighted by molar-refractivity contribution is 6.30. The van der Waals surface area contributed by atoms with E-state index in [0.29, 0.717) is 32.7 Å². The molecule has 31 heavy (non-hydrogen) atoms. The number of nitrogens with one attached hydrogen (secondary N) is 1. The minimum Gasteiger partial charge on any atom is -0.493 e. The lowest BCUT2D eigenvalue weighted by Gasteiger charge is -2.32. The van der Waals surface area contributed by atoms with E-state index in [1.807, 2.05) is 47.4 Å². The zero-order valence-corrected chi connectivity index (χ0v) is 18.4. The molecule has 1 heterocycles. The van der Waals surface area contributed by atoms with Crippen molar-refractivity contribution in [3.8, 4) is 5.75 Å². The predicted octanol–water partition coefficient (Wildman–Crippen LogP) is 4.20. The average molecular weight is 441 g/mol. The number of carbonyl (C=O) groups excluding carboxylic acids is 2. The molecule has 6 heteroatoms. The first-order chi connectivity index (χ1) is 15.1. The van der Waals surface area contributed by atoms with Crippen LogP contribution in [0.5, 0.6) is 5.75 Å². The zero-order valence-electron chi connectivity index (χ0n) is 17.7. The second kappa shape index (κ2) is 9.73. The lowest BCUT2D eigenvalue weighted by atomic mass is 9.94. The molecule has 2 aliphatic rings. The summed E-state index contributed by atoms with van der Waals surface area (Å²) in [7, 11) is 0. The number of piperidine rings is 1. The van der Waals surface area contributed by atoms with E-state index >= 15 is 0 Å². The lowest BCUT2D eigenvalue weighted by molar-refractivity contribution is -0.136. The molecule has 0 spiro atoms. The van der Waals surface area contributed by atoms with Crippen molar-refractivity contribution in [2.24, 2.45) is 5.92 Å². The van der Waals surface area contributed by atoms with Gasteiger partial charge in [-0.2, -0.15) is 0 Å². The van der Waals surface area contributed by atoms with E-state index in [-0.39, 0.29) is 23.1 Å². The van der Waals surface area contributed by atoms with Crippen molar-refractivity contribution in [3.63, 3.8) is 0 Å². The van der Waals surface area contributed by atoms with Crippen LogP contribution in [0.25, 0.3) is 0 Å². The number of ether oxygens (including phenoxy) is 1. The van der Waals surface area contributed by atoms with Gasteiger partial charge in [0.05, 0.1) is 18.9 Å². The van der Waals surface area contributed by atoms with Crippen LogP contribution in [0.1, 0.15) is 37.7 Å². The number of halogens is 1. The summed E-state index contributed by atoms with van der Waals surface area (Å²) in [6, 6.07) is 17.4. The number of para-hydroxylation sites is 1. The number of rotatable bonds is 8. The van der Waals surface area contributed by atoms with Crippen LogP contribution in [0.3, 0.4) is 0 Å². The van der Waals surface area contributed by atoms with Crippen molar-refractivity contribution in [2.75, 3.05) is 26.2 Å². The fourth-order valence-corrected chi connectivity index (χ4v) is 4.40. The van der Waals surface area contributed by atoms with Crippen molar-refractivity contribution < 1.29 is 14.3 Å². The summed E-state index contributed by atoms with van der Waals surface area (Å²) in [4.78, 5) is 27.2. The first-order valence-corrected chi connectivity index (χ1v) is 11.4. The van der Waals surface area contributed by atoms with Crippen LogP contribution in [-0.2, 0) is 15.0 Å². The van der Waals surface area contributed by atoms with Gasteiger partial charge in [0.1, 0.15) is 5.75 Å². The van der Waals surface area contributed by atoms with Crippen LogP contribution in [0.15, 0.2) is 54.6 Å². The number of likely N-dealkylation sites (tertiary alicyclic amines) is 1. The number of hydrogen-bond donors (Lipinski definition) is 1. The summed E-state index contributed by atoms with van der Waals surface area (Å²) in [6.45, 7) is 2.19. The van der Waals surface area contributed by atoms with Gasteiger partial charge in [-0.15, -0.1) is 0 Å². The van der Waals surface area contributed by atoms with Gasteiger partial charge in [-0.05, 0) is 55.5 Å². The Bertz CT molecular complexity index is 897. The Morgan fingerprint density at radius 3 is 2.55 bits per heavy atom. The van der Waals surface area contributed by atoms with E-state index in [9.17, 15) is 9.59 Å². The molecule has 1 atom stereocenters. The maximum Gasteiger partial charge on any atom is 0.226 e. The van der Waals surface area contributed by atoms with Crippen LogP contribution >= 0.6 is 11.6 Å². The van der Waals surface area contributed by atoms with Crippen LogP contribution in [0, 0.1) is 5.92 Å². The van der Waals surface area contributed by atoms with Crippen LogP contribution in [0.2, 0.25) is 5.02 Å². The van der Waals surface area contributed by atoms with E-state index < -0.39 is 0 Å². The normalized spacial score (nSPS) is 19.5. The quantitative estimate of drug-likeness (QED) is 0.669. The fourth-order valence-electron chi connectivity index (χ4n) is 4.27. The molecule has 1 saturated carbocycles. The van der Waals surface area contributed by atoms with E-state index in [4.69, 9.17) is 16.3 Å². The van der Waals surface area contributed by atoms with E-state index in [2.05, 4.69) is 17.4 Å². The minimum absolute atomic E-state index is 0.0409. The SMILES string of the molecule is O=C(NCC1(c2ccc(Cl)cc2)CC1)C1CCCN(C(=O)CCOc2ccccc2)C1. The van der Waals surface area contributed by atoms with Crippen molar-refractivity contribution in [1.82, 2.24) is 10.2 Å². The number of amides is 2. The van der Waals surface area contributed by atoms with Gasteiger partial charge < -0.3 is 15.0 Å². The molecule has 2 aromatic carbocycles. The van der Waals surface area contributed by atoms with Crippen molar-refractivity contribution >= 4 is 23.4 Å². The van der Waals surface area contributed by atoms with Gasteiger partial charge in [0.15, 0.2) is 0 Å². The Hall–Kier alpha value is -2.53. The standard InChI is InChI=1S/C25H29ClN2O3/c26-21-10-8-20(9-11-21)25(13-14-25)18-27-24(30)19-5-4-15-28(17-19)23(29)12-16-31-22-6-2-1-3-7-22/h1-3,6-11,19H,4-5,12-18H2,(H,27,30). The third-order valence-electron chi connectivity index (χ3n) is 6.38. The molecule has 2 aromatic rings. The monoisotopic (exact) mass is 440 g/mol. The molecule has 164 valence electrons. The summed E-state index contributed by atoms with van der Waals surface area (Å²) in [6.07, 6.45) is 4.15. The highest BCUT2D eigenvalue weighted by atomic mass is 35.5. The third-order valence-corrected chi connectivity index (χ3v) is 6.64. The summed E-state index contributed by atoms with van der Waals surface area (Å²) < 4.78 is 5.64. The third kappa shape index (κ3) is 5.59. The molecule has 1 aliphatic carbocycles. The molecule has 2 fully saturated rings. The summed E-state index contributed by atoms with van der Waals surface area (Å²) in [5, 5.41) is 3.88. The van der Waals surface area contributed by atoms with E-state index in [1.165, 1.54) is 5.56 Å². The van der Waals surface area contributed by atoms with Gasteiger partial charge in [-0.1, -0.05) is 41.9 Å². The lowest BCUT2D eigenvalue weighted by Crippen LogP contribution is -2.46. The van der Waals surface area contributed by atoms with Crippen molar-refractivity contribution in [1.29, 1.82) is 0 Å². The predicted molar refractivity (Wildman–Crippen MR) is 121 cm³/mol. The number of nitrogens with zero attached hydrogens (tertiary/aromatic N) is 1. The Morgan fingerprint density at radius 2 is 1.84 bits per heavy atom. The smallest absolute Gasteiger partial charge is 0.226 e. The minimum atomic E-state index is -0.145. The maximum atomic E-state index is 12.8. The molecule has 0 bridgehead atoms. The molecular formula is C25H29ClN2O3. The molecule has 0 aromatic heterocycles. The molecule has 4 rings (SSSR count). The van der Waals surface area contributed by atoms with Crippen LogP contribution < -0.4 is 10.1 Å². The van der Waals surface area contributed by atoms with Gasteiger partial charge in [0, 0.05) is 30.1 Å². The van der Waals surface area contributed by atoms with Crippen molar-refractivity contribution in [3.05, 3.63) is 65.2 Å². The molecule has 1 aliphatic heterocycles. The maximum absolute atomic E-state index is 12.8. The van der Waals surface area contributed by atoms with E-state index in [1.54, 1.807) is 0 Å². The first kappa shape index (κ1) is 21.7. The summed E-state index contributed by atoms with van der Waals surface area (Å²) >= 11 is 6.00. The van der Waals surface area contributed by atoms with E-state index in [0.717, 1.165) is 36.5 Å². The van der Waals surface area contributed by atoms with Gasteiger partial charge in [0.2, 0.25) is 11.8 Å². The van der Waals surface area contributed by atoms with Crippen molar-refractivity contribution in [2.45, 2.75) is 37.5 Å². The zero-order chi connectivity index (χ0) is 21.7. The molecular weight excluding hydrogens is 412 g/mol. The number of benzene rings is 2. The van der Waals surface area contributed by atoms with Crippen LogP contribution in [0.4, 0.5) is 0 Å². The highest BCUT2D eigenvalue weighted by Gasteiger charge is 2.44. The second-order valence-corrected chi connectivity index (χ2v) is 9.03. The first-order valence-electron chi connectivity index (χ1n) is 11.1. The number of hydrogen-bond acceptors (Lipinski definition) is 3. The molecule has 1 N–H and O–H groups in total. The Labute approximate surface area is 188 Å². The van der Waals surface area contributed by atoms with Gasteiger partial charge >= 0.3 is 0 Å². The van der Waals surface area contributed by atoms with Gasteiger partial charge in [0.25, 0.3) is 0 Å². The van der Waals surface area contributed by atoms with Crippen LogP contribution in [-0.4, -0.2) is 43.0 Å². The highest BCUT2D eigenvalue weighted by Crippen LogP contribution is 2.47. The van der Waals surface area contributed by atoms with Gasteiger partial charge in [-0.3, -0.25) is 9.59 Å². The second-order valence-electron chi connectivity index (χ2n) is 8.60. The Morgan fingerprint density at radius 1 is 1.10 bits per heavy atom. The molecule has 5 nitrogen and oxygen atoms in total. The largest absolute Gasteiger partial charge is 0.493 e. The Balaban J connectivity index is 1.23. The molecule has 1 saturated heterocycles. The fraction of sp³-hybridized carbons (Fsp3) is 0.440. The topological polar surface area (TPSA) is 58.6 Å². The molecule has 1 unspecified atom stereocenters. The summed E-state index contributed by atoms with van der Waals surface area (Å²) in [5.41, 5.74) is 1.27. The Kier molecular flexibility index (Phi) is 6.81. The number of carbonyl (C=O) groups is 2.